The average molecular weight is 606 g/mol. The van der Waals surface area contributed by atoms with Crippen molar-refractivity contribution in [3.63, 3.8) is 0 Å². The highest BCUT2D eigenvalue weighted by Crippen LogP contribution is 2.63. The van der Waals surface area contributed by atoms with E-state index in [9.17, 15) is 0 Å². The summed E-state index contributed by atoms with van der Waals surface area (Å²) in [7, 11) is 0. The molecule has 0 heterocycles. The molecule has 0 radical (unpaired) electrons. The third kappa shape index (κ3) is 3.90. The molecule has 9 rings (SSSR count). The zero-order valence-electron chi connectivity index (χ0n) is 27.6. The molecule has 228 valence electrons. The first-order valence-corrected chi connectivity index (χ1v) is 16.5. The minimum atomic E-state index is -0.364. The summed E-state index contributed by atoms with van der Waals surface area (Å²) in [6.07, 6.45) is 1.75. The summed E-state index contributed by atoms with van der Waals surface area (Å²) in [5.74, 6) is 0. The normalized spacial score (nSPS) is 14.5. The van der Waals surface area contributed by atoms with Gasteiger partial charge in [0, 0.05) is 22.5 Å². The van der Waals surface area contributed by atoms with Crippen LogP contribution in [0.5, 0.6) is 0 Å². The SMILES string of the molecule is C=C(C)N(c1ccc2c(c1)-c1ccccc1C2(C)C)c1ccc2c(c1)C1(c3ccccc3-c3ccccc31)c1ccccc1-2.C=CC. The van der Waals surface area contributed by atoms with Crippen molar-refractivity contribution in [3.8, 4) is 33.4 Å². The lowest BCUT2D eigenvalue weighted by Gasteiger charge is -2.32. The maximum absolute atomic E-state index is 4.49. The number of nitrogens with zero attached hydrogens (tertiary/aromatic N) is 1. The Balaban J connectivity index is 0.00000104. The van der Waals surface area contributed by atoms with Crippen LogP contribution in [0.3, 0.4) is 0 Å². The summed E-state index contributed by atoms with van der Waals surface area (Å²) in [5.41, 5.74) is 19.0. The van der Waals surface area contributed by atoms with Gasteiger partial charge in [-0.3, -0.25) is 0 Å². The highest BCUT2D eigenvalue weighted by Gasteiger charge is 2.51. The summed E-state index contributed by atoms with van der Waals surface area (Å²) in [6, 6.07) is 49.9. The summed E-state index contributed by atoms with van der Waals surface area (Å²) >= 11 is 0. The van der Waals surface area contributed by atoms with Gasteiger partial charge in [-0.25, -0.2) is 0 Å². The van der Waals surface area contributed by atoms with Crippen molar-refractivity contribution in [1.29, 1.82) is 0 Å². The van der Waals surface area contributed by atoms with Crippen LogP contribution in [-0.2, 0) is 10.8 Å². The van der Waals surface area contributed by atoms with Gasteiger partial charge in [-0.1, -0.05) is 136 Å². The average Bonchev–Trinajstić information content (AvgIpc) is 3.64. The monoisotopic (exact) mass is 605 g/mol. The molecule has 0 atom stereocenters. The molecule has 1 spiro atoms. The quantitative estimate of drug-likeness (QED) is 0.181. The van der Waals surface area contributed by atoms with Crippen molar-refractivity contribution in [2.45, 2.75) is 38.5 Å². The molecule has 0 fully saturated rings. The van der Waals surface area contributed by atoms with Crippen LogP contribution >= 0.6 is 0 Å². The Kier molecular flexibility index (Phi) is 6.53. The molecule has 3 aliphatic rings. The minimum Gasteiger partial charge on any atom is -0.315 e. The third-order valence-corrected chi connectivity index (χ3v) is 10.4. The van der Waals surface area contributed by atoms with Gasteiger partial charge in [-0.2, -0.15) is 0 Å². The maximum Gasteiger partial charge on any atom is 0.0726 e. The Hall–Kier alpha value is -5.40. The van der Waals surface area contributed by atoms with Crippen molar-refractivity contribution in [1.82, 2.24) is 0 Å². The van der Waals surface area contributed by atoms with Crippen molar-refractivity contribution < 1.29 is 0 Å². The van der Waals surface area contributed by atoms with E-state index in [-0.39, 0.29) is 10.8 Å². The van der Waals surface area contributed by atoms with Crippen molar-refractivity contribution in [3.05, 3.63) is 192 Å². The fraction of sp³-hybridized carbons (Fsp3) is 0.130. The molecular formula is C46H39N. The van der Waals surface area contributed by atoms with Crippen LogP contribution in [0.15, 0.2) is 158 Å². The lowest BCUT2D eigenvalue weighted by molar-refractivity contribution is 0.660. The van der Waals surface area contributed by atoms with Crippen molar-refractivity contribution in [2.24, 2.45) is 0 Å². The Bertz CT molecular complexity index is 2180. The van der Waals surface area contributed by atoms with E-state index in [0.717, 1.165) is 17.1 Å². The molecule has 0 aliphatic heterocycles. The van der Waals surface area contributed by atoms with Crippen LogP contribution in [0.2, 0.25) is 0 Å². The molecule has 0 saturated carbocycles. The highest BCUT2D eigenvalue weighted by molar-refractivity contribution is 5.96. The largest absolute Gasteiger partial charge is 0.315 e. The third-order valence-electron chi connectivity index (χ3n) is 10.4. The Morgan fingerprint density at radius 1 is 0.511 bits per heavy atom. The second kappa shape index (κ2) is 10.6. The first-order chi connectivity index (χ1) is 22.8. The number of hydrogen-bond donors (Lipinski definition) is 0. The number of fused-ring (bicyclic) bond motifs is 13. The van der Waals surface area contributed by atoms with Gasteiger partial charge in [0.1, 0.15) is 0 Å². The number of rotatable bonds is 3. The van der Waals surface area contributed by atoms with Crippen LogP contribution < -0.4 is 4.90 Å². The van der Waals surface area contributed by atoms with E-state index in [1.807, 2.05) is 6.92 Å². The Morgan fingerprint density at radius 2 is 0.894 bits per heavy atom. The molecule has 0 unspecified atom stereocenters. The number of benzene rings is 6. The Labute approximate surface area is 279 Å². The van der Waals surface area contributed by atoms with Crippen LogP contribution in [0, 0.1) is 0 Å². The zero-order chi connectivity index (χ0) is 32.5. The fourth-order valence-electron chi connectivity index (χ4n) is 8.66. The van der Waals surface area contributed by atoms with Gasteiger partial charge in [-0.05, 0) is 105 Å². The Morgan fingerprint density at radius 3 is 1.40 bits per heavy atom. The van der Waals surface area contributed by atoms with Gasteiger partial charge in [-0.15, -0.1) is 6.58 Å². The van der Waals surface area contributed by atoms with Gasteiger partial charge >= 0.3 is 0 Å². The molecule has 0 aromatic heterocycles. The number of anilines is 2. The molecule has 0 bridgehead atoms. The van der Waals surface area contributed by atoms with Crippen molar-refractivity contribution in [2.75, 3.05) is 4.90 Å². The van der Waals surface area contributed by atoms with Crippen LogP contribution in [0.4, 0.5) is 11.4 Å². The molecule has 0 saturated heterocycles. The number of allylic oxidation sites excluding steroid dienone is 2. The predicted octanol–water partition coefficient (Wildman–Crippen LogP) is 12.2. The second-order valence-corrected chi connectivity index (χ2v) is 13.5. The summed E-state index contributed by atoms with van der Waals surface area (Å²) < 4.78 is 0. The van der Waals surface area contributed by atoms with E-state index in [2.05, 4.69) is 172 Å². The van der Waals surface area contributed by atoms with Crippen molar-refractivity contribution >= 4 is 11.4 Å². The molecule has 6 aromatic carbocycles. The second-order valence-electron chi connectivity index (χ2n) is 13.5. The molecule has 3 aliphatic carbocycles. The highest BCUT2D eigenvalue weighted by atomic mass is 15.1. The molecule has 1 nitrogen and oxygen atoms in total. The van der Waals surface area contributed by atoms with Gasteiger partial charge < -0.3 is 4.90 Å². The van der Waals surface area contributed by atoms with E-state index < -0.39 is 0 Å². The lowest BCUT2D eigenvalue weighted by Crippen LogP contribution is -2.26. The first kappa shape index (κ1) is 29.0. The van der Waals surface area contributed by atoms with Gasteiger partial charge in [0.2, 0.25) is 0 Å². The topological polar surface area (TPSA) is 3.24 Å². The van der Waals surface area contributed by atoms with Crippen LogP contribution in [0.25, 0.3) is 33.4 Å². The standard InChI is InChI=1S/C43H33N.C3H6/c1-27(2)44(28-22-24-37-35(25-28)33-16-5-9-17-36(33)42(37,3)4)29-21-23-34-32-15-8-12-20-40(32)43(41(34)26-29)38-18-10-6-13-30(38)31-14-7-11-19-39(31)43;1-3-2/h5-26H,1H2,2-4H3;3H,1H2,2H3. The summed E-state index contributed by atoms with van der Waals surface area (Å²) in [4.78, 5) is 2.33. The van der Waals surface area contributed by atoms with E-state index in [1.54, 1.807) is 6.08 Å². The van der Waals surface area contributed by atoms with Gasteiger partial charge in [0.25, 0.3) is 0 Å². The molecule has 6 aromatic rings. The molecular weight excluding hydrogens is 567 g/mol. The van der Waals surface area contributed by atoms with E-state index in [1.165, 1.54) is 66.8 Å². The molecule has 0 N–H and O–H groups in total. The van der Waals surface area contributed by atoms with Gasteiger partial charge in [0.15, 0.2) is 0 Å². The zero-order valence-corrected chi connectivity index (χ0v) is 27.6. The number of hydrogen-bond acceptors (Lipinski definition) is 1. The van der Waals surface area contributed by atoms with Gasteiger partial charge in [0.05, 0.1) is 5.41 Å². The van der Waals surface area contributed by atoms with Crippen LogP contribution in [0.1, 0.15) is 61.1 Å². The smallest absolute Gasteiger partial charge is 0.0726 e. The van der Waals surface area contributed by atoms with E-state index in [4.69, 9.17) is 0 Å². The lowest BCUT2D eigenvalue weighted by atomic mass is 9.70. The molecule has 1 heteroatoms. The van der Waals surface area contributed by atoms with E-state index in [0.29, 0.717) is 0 Å². The maximum atomic E-state index is 4.49. The van der Waals surface area contributed by atoms with Crippen LogP contribution in [-0.4, -0.2) is 0 Å². The summed E-state index contributed by atoms with van der Waals surface area (Å²) in [5, 5.41) is 0. The first-order valence-electron chi connectivity index (χ1n) is 16.5. The molecule has 47 heavy (non-hydrogen) atoms. The molecule has 0 amide bonds. The fourth-order valence-corrected chi connectivity index (χ4v) is 8.66. The van der Waals surface area contributed by atoms with E-state index >= 15 is 0 Å². The minimum absolute atomic E-state index is 0.0203. The predicted molar refractivity (Wildman–Crippen MR) is 200 cm³/mol. The summed E-state index contributed by atoms with van der Waals surface area (Å²) in [6.45, 7) is 16.5.